The van der Waals surface area contributed by atoms with Gasteiger partial charge < -0.3 is 4.74 Å². The van der Waals surface area contributed by atoms with Crippen LogP contribution in [0, 0.1) is 12.7 Å². The summed E-state index contributed by atoms with van der Waals surface area (Å²) in [6.07, 6.45) is 0. The van der Waals surface area contributed by atoms with Crippen molar-refractivity contribution in [2.24, 2.45) is 0 Å². The zero-order valence-corrected chi connectivity index (χ0v) is 15.2. The lowest BCUT2D eigenvalue weighted by atomic mass is 10.2. The van der Waals surface area contributed by atoms with E-state index in [2.05, 4.69) is 5.10 Å². The summed E-state index contributed by atoms with van der Waals surface area (Å²) in [6, 6.07) is 24.6. The molecule has 0 N–H and O–H groups in total. The van der Waals surface area contributed by atoms with Gasteiger partial charge in [0, 0.05) is 11.6 Å². The molecule has 4 aromatic rings. The summed E-state index contributed by atoms with van der Waals surface area (Å²) in [7, 11) is 0. The maximum Gasteiger partial charge on any atom is 0.347 e. The SMILES string of the molecule is Cc1ccc(-n2nc(-c3ccccc3)cc2OC(=O)c2ccccc2F)cc1. The fraction of sp³-hybridized carbons (Fsp3) is 0.0435. The van der Waals surface area contributed by atoms with Gasteiger partial charge in [-0.15, -0.1) is 0 Å². The molecule has 0 amide bonds. The third kappa shape index (κ3) is 3.55. The van der Waals surface area contributed by atoms with Gasteiger partial charge in [0.05, 0.1) is 16.9 Å². The second kappa shape index (κ2) is 7.48. The van der Waals surface area contributed by atoms with Crippen molar-refractivity contribution in [3.05, 3.63) is 102 Å². The Hall–Kier alpha value is -3.73. The predicted molar refractivity (Wildman–Crippen MR) is 105 cm³/mol. The lowest BCUT2D eigenvalue weighted by Gasteiger charge is -2.08. The van der Waals surface area contributed by atoms with Crippen LogP contribution in [-0.4, -0.2) is 15.7 Å². The minimum atomic E-state index is -0.772. The average molecular weight is 372 g/mol. The first-order valence-corrected chi connectivity index (χ1v) is 8.81. The highest BCUT2D eigenvalue weighted by Crippen LogP contribution is 2.27. The fourth-order valence-electron chi connectivity index (χ4n) is 2.83. The molecule has 0 atom stereocenters. The molecule has 138 valence electrons. The molecule has 5 heteroatoms. The molecule has 0 bridgehead atoms. The van der Waals surface area contributed by atoms with Gasteiger partial charge in [-0.1, -0.05) is 60.2 Å². The number of ether oxygens (including phenoxy) is 1. The van der Waals surface area contributed by atoms with Crippen molar-refractivity contribution in [3.63, 3.8) is 0 Å². The number of nitrogens with zero attached hydrogens (tertiary/aromatic N) is 2. The third-order valence-electron chi connectivity index (χ3n) is 4.32. The Kier molecular flexibility index (Phi) is 4.72. The molecule has 0 aliphatic carbocycles. The first-order valence-electron chi connectivity index (χ1n) is 8.81. The molecule has 0 radical (unpaired) electrons. The van der Waals surface area contributed by atoms with Crippen LogP contribution in [0.15, 0.2) is 84.9 Å². The number of benzene rings is 3. The number of carbonyl (C=O) groups is 1. The van der Waals surface area contributed by atoms with Crippen LogP contribution in [0.2, 0.25) is 0 Å². The quantitative estimate of drug-likeness (QED) is 0.462. The molecule has 28 heavy (non-hydrogen) atoms. The maximum absolute atomic E-state index is 14.0. The van der Waals surface area contributed by atoms with Crippen molar-refractivity contribution in [1.82, 2.24) is 9.78 Å². The van der Waals surface area contributed by atoms with Crippen molar-refractivity contribution in [2.75, 3.05) is 0 Å². The highest BCUT2D eigenvalue weighted by molar-refractivity contribution is 5.91. The zero-order chi connectivity index (χ0) is 19.5. The molecule has 0 fully saturated rings. The molecule has 0 spiro atoms. The van der Waals surface area contributed by atoms with Gasteiger partial charge in [-0.05, 0) is 31.2 Å². The normalized spacial score (nSPS) is 10.6. The number of rotatable bonds is 4. The van der Waals surface area contributed by atoms with Gasteiger partial charge in [-0.3, -0.25) is 0 Å². The molecule has 1 heterocycles. The topological polar surface area (TPSA) is 44.1 Å². The first-order chi connectivity index (χ1) is 13.6. The summed E-state index contributed by atoms with van der Waals surface area (Å²) in [5.74, 6) is -1.18. The van der Waals surface area contributed by atoms with Gasteiger partial charge >= 0.3 is 5.97 Å². The van der Waals surface area contributed by atoms with Crippen molar-refractivity contribution in [2.45, 2.75) is 6.92 Å². The van der Waals surface area contributed by atoms with Crippen molar-refractivity contribution in [1.29, 1.82) is 0 Å². The zero-order valence-electron chi connectivity index (χ0n) is 15.2. The van der Waals surface area contributed by atoms with Crippen LogP contribution in [0.4, 0.5) is 4.39 Å². The van der Waals surface area contributed by atoms with E-state index in [1.165, 1.54) is 18.2 Å². The number of hydrogen-bond donors (Lipinski definition) is 0. The number of halogens is 1. The summed E-state index contributed by atoms with van der Waals surface area (Å²) in [5.41, 5.74) is 3.25. The third-order valence-corrected chi connectivity index (χ3v) is 4.32. The van der Waals surface area contributed by atoms with E-state index in [-0.39, 0.29) is 11.4 Å². The Morgan fingerprint density at radius 1 is 0.929 bits per heavy atom. The van der Waals surface area contributed by atoms with Gasteiger partial charge in [0.1, 0.15) is 5.82 Å². The average Bonchev–Trinajstić information content (AvgIpc) is 3.13. The summed E-state index contributed by atoms with van der Waals surface area (Å²) < 4.78 is 21.0. The van der Waals surface area contributed by atoms with Crippen molar-refractivity contribution < 1.29 is 13.9 Å². The van der Waals surface area contributed by atoms with E-state index >= 15 is 0 Å². The molecular formula is C23H17FN2O2. The molecule has 0 saturated heterocycles. The van der Waals surface area contributed by atoms with Crippen LogP contribution < -0.4 is 4.74 Å². The number of aryl methyl sites for hydroxylation is 1. The minimum absolute atomic E-state index is 0.125. The number of carbonyl (C=O) groups excluding carboxylic acids is 1. The molecule has 0 aliphatic heterocycles. The Labute approximate surface area is 161 Å². The lowest BCUT2D eigenvalue weighted by Crippen LogP contribution is -2.13. The van der Waals surface area contributed by atoms with E-state index in [0.717, 1.165) is 16.8 Å². The molecule has 3 aromatic carbocycles. The van der Waals surface area contributed by atoms with Crippen molar-refractivity contribution >= 4 is 5.97 Å². The highest BCUT2D eigenvalue weighted by atomic mass is 19.1. The van der Waals surface area contributed by atoms with Crippen LogP contribution in [0.25, 0.3) is 16.9 Å². The lowest BCUT2D eigenvalue weighted by molar-refractivity contribution is 0.0718. The molecule has 4 nitrogen and oxygen atoms in total. The van der Waals surface area contributed by atoms with Gasteiger partial charge in [-0.2, -0.15) is 5.10 Å². The highest BCUT2D eigenvalue weighted by Gasteiger charge is 2.19. The molecule has 0 saturated carbocycles. The number of esters is 1. The van der Waals surface area contributed by atoms with E-state index < -0.39 is 11.8 Å². The molecule has 1 aromatic heterocycles. The largest absolute Gasteiger partial charge is 0.404 e. The summed E-state index contributed by atoms with van der Waals surface area (Å²) >= 11 is 0. The van der Waals surface area contributed by atoms with Crippen LogP contribution >= 0.6 is 0 Å². The van der Waals surface area contributed by atoms with E-state index in [9.17, 15) is 9.18 Å². The van der Waals surface area contributed by atoms with Crippen LogP contribution in [0.1, 0.15) is 15.9 Å². The minimum Gasteiger partial charge on any atom is -0.404 e. The van der Waals surface area contributed by atoms with E-state index in [0.29, 0.717) is 5.69 Å². The van der Waals surface area contributed by atoms with Gasteiger partial charge in [-0.25, -0.2) is 13.9 Å². The second-order valence-electron chi connectivity index (χ2n) is 6.35. The van der Waals surface area contributed by atoms with Crippen LogP contribution in [-0.2, 0) is 0 Å². The monoisotopic (exact) mass is 372 g/mol. The molecule has 0 unspecified atom stereocenters. The van der Waals surface area contributed by atoms with E-state index in [4.69, 9.17) is 4.74 Å². The Bertz CT molecular complexity index is 1120. The Morgan fingerprint density at radius 2 is 1.61 bits per heavy atom. The van der Waals surface area contributed by atoms with Crippen molar-refractivity contribution in [3.8, 4) is 22.8 Å². The van der Waals surface area contributed by atoms with E-state index in [1.54, 1.807) is 16.8 Å². The standard InChI is InChI=1S/C23H17FN2O2/c1-16-11-13-18(14-12-16)26-22(15-21(25-26)17-7-3-2-4-8-17)28-23(27)19-9-5-6-10-20(19)24/h2-15H,1H3. The van der Waals surface area contributed by atoms with Crippen LogP contribution in [0.3, 0.4) is 0 Å². The molecule has 0 aliphatic rings. The van der Waals surface area contributed by atoms with E-state index in [1.807, 2.05) is 61.5 Å². The summed E-state index contributed by atoms with van der Waals surface area (Å²) in [4.78, 5) is 12.5. The second-order valence-corrected chi connectivity index (χ2v) is 6.35. The van der Waals surface area contributed by atoms with Gasteiger partial charge in [0.15, 0.2) is 0 Å². The Balaban J connectivity index is 1.76. The summed E-state index contributed by atoms with van der Waals surface area (Å²) in [6.45, 7) is 1.99. The van der Waals surface area contributed by atoms with Gasteiger partial charge in [0.2, 0.25) is 5.88 Å². The maximum atomic E-state index is 14.0. The first kappa shape index (κ1) is 17.7. The molecular weight excluding hydrogens is 355 g/mol. The smallest absolute Gasteiger partial charge is 0.347 e. The molecule has 4 rings (SSSR count). The number of hydrogen-bond acceptors (Lipinski definition) is 3. The van der Waals surface area contributed by atoms with Gasteiger partial charge in [0.25, 0.3) is 0 Å². The fourth-order valence-corrected chi connectivity index (χ4v) is 2.83. The Morgan fingerprint density at radius 3 is 2.32 bits per heavy atom. The van der Waals surface area contributed by atoms with Crippen LogP contribution in [0.5, 0.6) is 5.88 Å². The number of aromatic nitrogens is 2. The summed E-state index contributed by atoms with van der Waals surface area (Å²) in [5, 5.41) is 4.60. The predicted octanol–water partition coefficient (Wildman–Crippen LogP) is 5.21.